The van der Waals surface area contributed by atoms with Gasteiger partial charge in [0.2, 0.25) is 5.88 Å². The van der Waals surface area contributed by atoms with Crippen LogP contribution in [0.4, 0.5) is 5.69 Å². The van der Waals surface area contributed by atoms with Crippen molar-refractivity contribution in [3.05, 3.63) is 34.5 Å². The summed E-state index contributed by atoms with van der Waals surface area (Å²) >= 11 is 1.23. The maximum atomic E-state index is 13.0. The Balaban J connectivity index is 1.92. The molecular formula is C20H22N4O6S. The highest BCUT2D eigenvalue weighted by Gasteiger charge is 2.21. The topological polar surface area (TPSA) is 135 Å². The molecule has 1 aromatic carbocycles. The van der Waals surface area contributed by atoms with Crippen molar-refractivity contribution >= 4 is 39.1 Å². The van der Waals surface area contributed by atoms with Crippen LogP contribution in [0.25, 0.3) is 10.2 Å². The molecule has 3 rings (SSSR count). The number of carbonyl (C=O) groups is 2. The Labute approximate surface area is 182 Å². The largest absolute Gasteiger partial charge is 0.493 e. The van der Waals surface area contributed by atoms with E-state index in [9.17, 15) is 9.59 Å². The highest BCUT2D eigenvalue weighted by atomic mass is 32.1. The minimum absolute atomic E-state index is 0.227. The van der Waals surface area contributed by atoms with Gasteiger partial charge in [-0.15, -0.1) is 11.3 Å². The number of ether oxygens (including phenoxy) is 4. The van der Waals surface area contributed by atoms with Gasteiger partial charge in [-0.1, -0.05) is 0 Å². The Morgan fingerprint density at radius 3 is 2.55 bits per heavy atom. The van der Waals surface area contributed by atoms with Crippen LogP contribution in [0.1, 0.15) is 21.1 Å². The zero-order valence-electron chi connectivity index (χ0n) is 17.5. The first kappa shape index (κ1) is 22.2. The van der Waals surface area contributed by atoms with Gasteiger partial charge in [0, 0.05) is 18.9 Å². The molecule has 0 unspecified atom stereocenters. The number of nitrogens with zero attached hydrogens (tertiary/aromatic N) is 2. The minimum Gasteiger partial charge on any atom is -0.493 e. The molecule has 0 fully saturated rings. The number of methoxy groups -OCH3 is 3. The average Bonchev–Trinajstić information content (AvgIpc) is 3.08. The monoisotopic (exact) mass is 446 g/mol. The third kappa shape index (κ3) is 4.84. The summed E-state index contributed by atoms with van der Waals surface area (Å²) in [5.41, 5.74) is 6.30. The highest BCUT2D eigenvalue weighted by Crippen LogP contribution is 2.36. The molecule has 3 aromatic rings. The standard InChI is InChI=1S/C20H22N4O6S/c1-10-16-19(29-4)23-15(9-27-2)24-20(16)31-17(10)18(26)22-11-5-6-12(28-3)13(7-11)30-8-14(21)25/h5-7H,8-9H2,1-4H3,(H2,21,25)(H,22,26). The van der Waals surface area contributed by atoms with Crippen molar-refractivity contribution in [2.24, 2.45) is 5.73 Å². The maximum Gasteiger partial charge on any atom is 0.266 e. The van der Waals surface area contributed by atoms with E-state index in [1.54, 1.807) is 25.3 Å². The number of aryl methyl sites for hydroxylation is 1. The predicted octanol–water partition coefficient (Wildman–Crippen LogP) is 2.28. The van der Waals surface area contributed by atoms with Gasteiger partial charge in [0.25, 0.3) is 11.8 Å². The minimum atomic E-state index is -0.625. The molecule has 0 saturated heterocycles. The number of nitrogens with two attached hydrogens (primary N) is 1. The fraction of sp³-hybridized carbons (Fsp3) is 0.300. The Morgan fingerprint density at radius 2 is 1.90 bits per heavy atom. The molecule has 0 saturated carbocycles. The van der Waals surface area contributed by atoms with Crippen molar-refractivity contribution in [2.45, 2.75) is 13.5 Å². The average molecular weight is 446 g/mol. The van der Waals surface area contributed by atoms with E-state index in [0.717, 1.165) is 0 Å². The van der Waals surface area contributed by atoms with Crippen LogP contribution in [0.5, 0.6) is 17.4 Å². The van der Waals surface area contributed by atoms with Crippen LogP contribution in [-0.4, -0.2) is 49.7 Å². The first-order valence-electron chi connectivity index (χ1n) is 9.11. The summed E-state index contributed by atoms with van der Waals surface area (Å²) in [6, 6.07) is 4.84. The van der Waals surface area contributed by atoms with E-state index in [2.05, 4.69) is 15.3 Å². The summed E-state index contributed by atoms with van der Waals surface area (Å²) in [6.07, 6.45) is 0. The fourth-order valence-corrected chi connectivity index (χ4v) is 3.99. The van der Waals surface area contributed by atoms with E-state index in [1.165, 1.54) is 25.6 Å². The quantitative estimate of drug-likeness (QED) is 0.511. The van der Waals surface area contributed by atoms with E-state index in [-0.39, 0.29) is 24.9 Å². The number of hydrogen-bond acceptors (Lipinski definition) is 9. The molecule has 0 aliphatic rings. The van der Waals surface area contributed by atoms with Gasteiger partial charge in [-0.2, -0.15) is 4.98 Å². The lowest BCUT2D eigenvalue weighted by atomic mass is 10.2. The van der Waals surface area contributed by atoms with Gasteiger partial charge in [0.1, 0.15) is 11.4 Å². The van der Waals surface area contributed by atoms with Gasteiger partial charge in [0.05, 0.1) is 24.5 Å². The SMILES string of the molecule is COCc1nc(OC)c2c(C)c(C(=O)Nc3ccc(OC)c(OCC(N)=O)c3)sc2n1. The Hall–Kier alpha value is -3.44. The van der Waals surface area contributed by atoms with Crippen LogP contribution in [0.15, 0.2) is 18.2 Å². The number of fused-ring (bicyclic) bond motifs is 1. The van der Waals surface area contributed by atoms with Crippen LogP contribution in [0.2, 0.25) is 0 Å². The molecule has 0 bridgehead atoms. The number of thiophene rings is 1. The van der Waals surface area contributed by atoms with Crippen molar-refractivity contribution in [2.75, 3.05) is 33.3 Å². The number of carbonyl (C=O) groups excluding carboxylic acids is 2. The van der Waals surface area contributed by atoms with Gasteiger partial charge in [0.15, 0.2) is 23.9 Å². The van der Waals surface area contributed by atoms with Gasteiger partial charge >= 0.3 is 0 Å². The molecule has 10 nitrogen and oxygen atoms in total. The number of primary amides is 1. The maximum absolute atomic E-state index is 13.0. The second-order valence-corrected chi connectivity index (χ2v) is 7.39. The van der Waals surface area contributed by atoms with Gasteiger partial charge in [-0.25, -0.2) is 4.98 Å². The smallest absolute Gasteiger partial charge is 0.266 e. The van der Waals surface area contributed by atoms with Gasteiger partial charge in [-0.05, 0) is 24.6 Å². The highest BCUT2D eigenvalue weighted by molar-refractivity contribution is 7.20. The number of amides is 2. The second kappa shape index (κ2) is 9.58. The van der Waals surface area contributed by atoms with Crippen molar-refractivity contribution in [1.29, 1.82) is 0 Å². The molecule has 31 heavy (non-hydrogen) atoms. The summed E-state index contributed by atoms with van der Waals surface area (Å²) in [7, 11) is 4.53. The molecule has 0 aliphatic heterocycles. The third-order valence-corrected chi connectivity index (χ3v) is 5.45. The lowest BCUT2D eigenvalue weighted by molar-refractivity contribution is -0.119. The summed E-state index contributed by atoms with van der Waals surface area (Å²) in [5.74, 6) is 0.580. The fourth-order valence-electron chi connectivity index (χ4n) is 2.91. The molecular weight excluding hydrogens is 424 g/mol. The van der Waals surface area contributed by atoms with Crippen molar-refractivity contribution < 1.29 is 28.5 Å². The number of anilines is 1. The zero-order chi connectivity index (χ0) is 22.5. The lowest BCUT2D eigenvalue weighted by Crippen LogP contribution is -2.20. The molecule has 3 N–H and O–H groups in total. The summed E-state index contributed by atoms with van der Waals surface area (Å²) in [6.45, 7) is 1.72. The second-order valence-electron chi connectivity index (χ2n) is 6.39. The van der Waals surface area contributed by atoms with E-state index in [1.807, 2.05) is 6.92 Å². The van der Waals surface area contributed by atoms with Crippen LogP contribution in [-0.2, 0) is 16.1 Å². The third-order valence-electron chi connectivity index (χ3n) is 4.27. The van der Waals surface area contributed by atoms with E-state index >= 15 is 0 Å². The van der Waals surface area contributed by atoms with E-state index < -0.39 is 5.91 Å². The van der Waals surface area contributed by atoms with Gasteiger partial charge < -0.3 is 30.0 Å². The Kier molecular flexibility index (Phi) is 6.88. The van der Waals surface area contributed by atoms with Gasteiger partial charge in [-0.3, -0.25) is 9.59 Å². The summed E-state index contributed by atoms with van der Waals surface area (Å²) < 4.78 is 21.1. The normalized spacial score (nSPS) is 10.7. The van der Waals surface area contributed by atoms with Crippen molar-refractivity contribution in [1.82, 2.24) is 9.97 Å². The molecule has 11 heteroatoms. The van der Waals surface area contributed by atoms with E-state index in [4.69, 9.17) is 24.7 Å². The first-order chi connectivity index (χ1) is 14.9. The molecule has 0 spiro atoms. The number of aromatic nitrogens is 2. The lowest BCUT2D eigenvalue weighted by Gasteiger charge is -2.12. The molecule has 0 radical (unpaired) electrons. The van der Waals surface area contributed by atoms with E-state index in [0.29, 0.717) is 43.8 Å². The number of benzene rings is 1. The molecule has 2 heterocycles. The number of hydrogen-bond donors (Lipinski definition) is 2. The zero-order valence-corrected chi connectivity index (χ0v) is 18.3. The summed E-state index contributed by atoms with van der Waals surface area (Å²) in [5, 5.41) is 3.50. The summed E-state index contributed by atoms with van der Waals surface area (Å²) in [4.78, 5) is 33.9. The first-order valence-corrected chi connectivity index (χ1v) is 9.93. The Morgan fingerprint density at radius 1 is 1.13 bits per heavy atom. The molecule has 164 valence electrons. The van der Waals surface area contributed by atoms with Crippen molar-refractivity contribution in [3.63, 3.8) is 0 Å². The molecule has 2 amide bonds. The number of rotatable bonds is 9. The predicted molar refractivity (Wildman–Crippen MR) is 115 cm³/mol. The molecule has 0 aliphatic carbocycles. The van der Waals surface area contributed by atoms with Crippen LogP contribution < -0.4 is 25.3 Å². The Bertz CT molecular complexity index is 1130. The molecule has 0 atom stereocenters. The van der Waals surface area contributed by atoms with Crippen LogP contribution >= 0.6 is 11.3 Å². The van der Waals surface area contributed by atoms with Crippen LogP contribution in [0.3, 0.4) is 0 Å². The van der Waals surface area contributed by atoms with Crippen molar-refractivity contribution in [3.8, 4) is 17.4 Å². The number of nitrogens with one attached hydrogen (secondary N) is 1. The van der Waals surface area contributed by atoms with Crippen LogP contribution in [0, 0.1) is 6.92 Å². The molecule has 2 aromatic heterocycles.